The molecule has 0 unspecified atom stereocenters. The van der Waals surface area contributed by atoms with Gasteiger partial charge in [0.25, 0.3) is 5.97 Å². The van der Waals surface area contributed by atoms with Crippen molar-refractivity contribution >= 4 is 14.3 Å². The summed E-state index contributed by atoms with van der Waals surface area (Å²) in [5.41, 5.74) is 0. The molecule has 0 saturated carbocycles. The molecule has 0 heterocycles. The predicted octanol–water partition coefficient (Wildman–Crippen LogP) is 7.40. The predicted molar refractivity (Wildman–Crippen MR) is 109 cm³/mol. The van der Waals surface area contributed by atoms with E-state index in [4.69, 9.17) is 4.43 Å². The maximum Gasteiger partial charge on any atom is 0.292 e. The van der Waals surface area contributed by atoms with Crippen molar-refractivity contribution in [1.82, 2.24) is 0 Å². The summed E-state index contributed by atoms with van der Waals surface area (Å²) in [4.78, 5) is 11.6. The zero-order chi connectivity index (χ0) is 18.1. The normalized spacial score (nSPS) is 12.0. The van der Waals surface area contributed by atoms with Gasteiger partial charge in [-0.25, -0.2) is 0 Å². The Kier molecular flexibility index (Phi) is 15.5. The van der Waals surface area contributed by atoms with E-state index < -0.39 is 8.32 Å². The number of hydrogen-bond acceptors (Lipinski definition) is 2. The molecule has 0 saturated heterocycles. The fraction of sp³-hybridized carbons (Fsp3) is 0.857. The quantitative estimate of drug-likeness (QED) is 0.164. The molecule has 0 aromatic carbocycles. The first-order valence-corrected chi connectivity index (χ1v) is 13.7. The van der Waals surface area contributed by atoms with Crippen LogP contribution in [0.25, 0.3) is 0 Å². The highest BCUT2D eigenvalue weighted by Crippen LogP contribution is 2.11. The third-order valence-electron chi connectivity index (χ3n) is 4.06. The maximum atomic E-state index is 11.6. The number of carbonyl (C=O) groups is 1. The zero-order valence-corrected chi connectivity index (χ0v) is 17.9. The lowest BCUT2D eigenvalue weighted by molar-refractivity contribution is -0.135. The lowest BCUT2D eigenvalue weighted by Crippen LogP contribution is -2.28. The number of unbranched alkanes of at least 4 members (excludes halogenated alkanes) is 11. The van der Waals surface area contributed by atoms with Crippen LogP contribution in [0.1, 0.15) is 96.8 Å². The van der Waals surface area contributed by atoms with E-state index in [-0.39, 0.29) is 5.97 Å². The number of rotatable bonds is 16. The average Bonchev–Trinajstić information content (AvgIpc) is 2.49. The van der Waals surface area contributed by atoms with Crippen LogP contribution in [0.2, 0.25) is 19.6 Å². The molecule has 0 aliphatic heterocycles. The van der Waals surface area contributed by atoms with Crippen molar-refractivity contribution in [2.75, 3.05) is 0 Å². The Morgan fingerprint density at radius 1 is 0.750 bits per heavy atom. The lowest BCUT2D eigenvalue weighted by atomic mass is 10.1. The summed E-state index contributed by atoms with van der Waals surface area (Å²) >= 11 is 0. The van der Waals surface area contributed by atoms with Gasteiger partial charge in [0.2, 0.25) is 8.32 Å². The van der Waals surface area contributed by atoms with Gasteiger partial charge in [-0.15, -0.1) is 0 Å². The maximum absolute atomic E-state index is 11.6. The van der Waals surface area contributed by atoms with E-state index in [1.54, 1.807) is 0 Å². The van der Waals surface area contributed by atoms with Gasteiger partial charge in [0.15, 0.2) is 0 Å². The van der Waals surface area contributed by atoms with Crippen molar-refractivity contribution in [3.05, 3.63) is 12.2 Å². The highest BCUT2D eigenvalue weighted by molar-refractivity contribution is 6.71. The van der Waals surface area contributed by atoms with Crippen molar-refractivity contribution in [1.29, 1.82) is 0 Å². The first kappa shape index (κ1) is 23.4. The minimum atomic E-state index is -1.69. The number of carbonyl (C=O) groups excluding carboxylic acids is 1. The van der Waals surface area contributed by atoms with E-state index in [1.807, 2.05) is 0 Å². The zero-order valence-electron chi connectivity index (χ0n) is 16.9. The topological polar surface area (TPSA) is 26.3 Å². The van der Waals surface area contributed by atoms with E-state index >= 15 is 0 Å². The van der Waals surface area contributed by atoms with Gasteiger partial charge in [-0.1, -0.05) is 70.4 Å². The van der Waals surface area contributed by atoms with Crippen LogP contribution in [0.15, 0.2) is 12.2 Å². The van der Waals surface area contributed by atoms with Crippen molar-refractivity contribution in [3.63, 3.8) is 0 Å². The lowest BCUT2D eigenvalue weighted by Gasteiger charge is -2.17. The van der Waals surface area contributed by atoms with Gasteiger partial charge in [-0.2, -0.15) is 0 Å². The number of hydrogen-bond donors (Lipinski definition) is 0. The summed E-state index contributed by atoms with van der Waals surface area (Å²) in [6.07, 6.45) is 22.0. The summed E-state index contributed by atoms with van der Waals surface area (Å²) in [5.74, 6) is 0.00629. The number of allylic oxidation sites excluding steroid dienone is 2. The summed E-state index contributed by atoms with van der Waals surface area (Å²) in [7, 11) is -1.69. The van der Waals surface area contributed by atoms with Crippen molar-refractivity contribution < 1.29 is 9.22 Å². The Balaban J connectivity index is 3.25. The van der Waals surface area contributed by atoms with Crippen LogP contribution >= 0.6 is 0 Å². The van der Waals surface area contributed by atoms with E-state index in [0.717, 1.165) is 12.8 Å². The van der Waals surface area contributed by atoms with Gasteiger partial charge < -0.3 is 4.43 Å². The Bertz CT molecular complexity index is 318. The standard InChI is InChI=1S/C21H42O2Si/c1-5-6-7-8-9-10-11-12-13-14-15-16-17-18-19-20-21(22)23-24(2,3)4/h12-13H,5-11,14-20H2,1-4H3/b13-12+. The summed E-state index contributed by atoms with van der Waals surface area (Å²) in [5, 5.41) is 0. The Morgan fingerprint density at radius 2 is 1.21 bits per heavy atom. The molecule has 0 aromatic heterocycles. The van der Waals surface area contributed by atoms with E-state index in [1.165, 1.54) is 70.6 Å². The van der Waals surface area contributed by atoms with Crippen LogP contribution in [-0.2, 0) is 9.22 Å². The smallest absolute Gasteiger partial charge is 0.292 e. The molecule has 0 amide bonds. The van der Waals surface area contributed by atoms with Crippen LogP contribution in [-0.4, -0.2) is 14.3 Å². The van der Waals surface area contributed by atoms with E-state index in [9.17, 15) is 4.79 Å². The van der Waals surface area contributed by atoms with Crippen LogP contribution < -0.4 is 0 Å². The first-order chi connectivity index (χ1) is 11.5. The third-order valence-corrected chi connectivity index (χ3v) is 4.90. The Morgan fingerprint density at radius 3 is 1.71 bits per heavy atom. The Labute approximate surface area is 152 Å². The van der Waals surface area contributed by atoms with E-state index in [2.05, 4.69) is 38.7 Å². The molecule has 0 rings (SSSR count). The summed E-state index contributed by atoms with van der Waals surface area (Å²) in [6.45, 7) is 8.45. The molecule has 0 radical (unpaired) electrons. The average molecular weight is 355 g/mol. The second-order valence-corrected chi connectivity index (χ2v) is 12.3. The second-order valence-electron chi connectivity index (χ2n) is 7.92. The van der Waals surface area contributed by atoms with Crippen LogP contribution in [0.4, 0.5) is 0 Å². The minimum Gasteiger partial charge on any atom is -0.520 e. The first-order valence-electron chi connectivity index (χ1n) is 10.3. The molecule has 0 atom stereocenters. The van der Waals surface area contributed by atoms with Crippen molar-refractivity contribution in [2.24, 2.45) is 0 Å². The molecule has 2 nitrogen and oxygen atoms in total. The van der Waals surface area contributed by atoms with Gasteiger partial charge in [-0.3, -0.25) is 4.79 Å². The van der Waals surface area contributed by atoms with Crippen molar-refractivity contribution in [3.8, 4) is 0 Å². The van der Waals surface area contributed by atoms with Gasteiger partial charge >= 0.3 is 0 Å². The molecule has 0 aromatic rings. The molecule has 0 aliphatic carbocycles. The molecular weight excluding hydrogens is 312 g/mol. The molecule has 3 heteroatoms. The van der Waals surface area contributed by atoms with E-state index in [0.29, 0.717) is 6.42 Å². The fourth-order valence-corrected chi connectivity index (χ4v) is 3.52. The van der Waals surface area contributed by atoms with Gasteiger partial charge in [0.1, 0.15) is 0 Å². The van der Waals surface area contributed by atoms with Crippen molar-refractivity contribution in [2.45, 2.75) is 116 Å². The highest BCUT2D eigenvalue weighted by Gasteiger charge is 2.19. The summed E-state index contributed by atoms with van der Waals surface area (Å²) < 4.78 is 5.45. The third kappa shape index (κ3) is 19.5. The van der Waals surface area contributed by atoms with Gasteiger partial charge in [-0.05, 0) is 51.7 Å². The minimum absolute atomic E-state index is 0.00629. The second kappa shape index (κ2) is 15.9. The molecule has 0 aliphatic rings. The summed E-state index contributed by atoms with van der Waals surface area (Å²) in [6, 6.07) is 0. The molecule has 0 spiro atoms. The largest absolute Gasteiger partial charge is 0.520 e. The van der Waals surface area contributed by atoms with Gasteiger partial charge in [0.05, 0.1) is 0 Å². The highest BCUT2D eigenvalue weighted by atomic mass is 28.4. The SMILES string of the molecule is CCCCCCCC/C=C/CCCCCCCC(=O)O[Si](C)(C)C. The molecular formula is C21H42O2Si. The van der Waals surface area contributed by atoms with Crippen LogP contribution in [0.3, 0.4) is 0 Å². The van der Waals surface area contributed by atoms with Gasteiger partial charge in [0, 0.05) is 6.42 Å². The molecule has 0 fully saturated rings. The monoisotopic (exact) mass is 354 g/mol. The van der Waals surface area contributed by atoms with Crippen LogP contribution in [0, 0.1) is 0 Å². The molecule has 24 heavy (non-hydrogen) atoms. The van der Waals surface area contributed by atoms with Crippen LogP contribution in [0.5, 0.6) is 0 Å². The fourth-order valence-electron chi connectivity index (χ4n) is 2.73. The molecule has 0 N–H and O–H groups in total. The Hall–Kier alpha value is -0.573. The molecule has 0 bridgehead atoms. The molecule has 142 valence electrons.